The van der Waals surface area contributed by atoms with Crippen molar-refractivity contribution < 1.29 is 14.7 Å². The Bertz CT molecular complexity index is 519. The third-order valence-corrected chi connectivity index (χ3v) is 4.89. The molecule has 2 heterocycles. The number of aryl methyl sites for hydroxylation is 2. The number of hydrogen-bond acceptors (Lipinski definition) is 4. The molecular formula is C15H22N2O3S. The van der Waals surface area contributed by atoms with Crippen molar-refractivity contribution in [3.8, 4) is 0 Å². The van der Waals surface area contributed by atoms with Crippen LogP contribution in [0, 0.1) is 6.92 Å². The molecule has 0 spiro atoms. The van der Waals surface area contributed by atoms with E-state index in [-0.39, 0.29) is 11.8 Å². The highest BCUT2D eigenvalue weighted by atomic mass is 32.1. The number of rotatable bonds is 4. The second-order valence-corrected chi connectivity index (χ2v) is 6.53. The van der Waals surface area contributed by atoms with Crippen LogP contribution in [-0.2, 0) is 11.2 Å². The molecule has 1 aromatic rings. The molecule has 0 bridgehead atoms. The van der Waals surface area contributed by atoms with Crippen molar-refractivity contribution in [3.63, 3.8) is 0 Å². The molecule has 0 aliphatic carbocycles. The van der Waals surface area contributed by atoms with Gasteiger partial charge in [-0.2, -0.15) is 0 Å². The van der Waals surface area contributed by atoms with E-state index in [1.54, 1.807) is 21.1 Å². The van der Waals surface area contributed by atoms with Crippen molar-refractivity contribution in [2.45, 2.75) is 26.7 Å². The summed E-state index contributed by atoms with van der Waals surface area (Å²) in [5.41, 5.74) is 1.26. The first-order valence-corrected chi connectivity index (χ1v) is 8.15. The molecule has 0 aromatic carbocycles. The Morgan fingerprint density at radius 1 is 1.24 bits per heavy atom. The molecular weight excluding hydrogens is 288 g/mol. The summed E-state index contributed by atoms with van der Waals surface area (Å²) in [6.07, 6.45) is 2.08. The van der Waals surface area contributed by atoms with Crippen LogP contribution in [-0.4, -0.2) is 59.5 Å². The van der Waals surface area contributed by atoms with Crippen LogP contribution >= 0.6 is 11.3 Å². The Hall–Kier alpha value is -1.40. The molecule has 116 valence electrons. The van der Waals surface area contributed by atoms with E-state index >= 15 is 0 Å². The standard InChI is InChI=1S/C15H22N2O3S/c1-3-4-12-9-13(21-11(12)2)15(20)17-7-5-16(6-8-17)14(19)10-18/h9,18H,3-8,10H2,1-2H3. The number of nitrogens with zero attached hydrogens (tertiary/aromatic N) is 2. The molecule has 6 heteroatoms. The normalized spacial score (nSPS) is 15.4. The van der Waals surface area contributed by atoms with Crippen LogP contribution in [0.25, 0.3) is 0 Å². The van der Waals surface area contributed by atoms with E-state index in [9.17, 15) is 9.59 Å². The van der Waals surface area contributed by atoms with Gasteiger partial charge in [0.15, 0.2) is 0 Å². The van der Waals surface area contributed by atoms with E-state index in [1.807, 2.05) is 6.07 Å². The molecule has 0 atom stereocenters. The SMILES string of the molecule is CCCc1cc(C(=O)N2CCN(C(=O)CO)CC2)sc1C. The number of amides is 2. The van der Waals surface area contributed by atoms with Crippen LogP contribution < -0.4 is 0 Å². The zero-order valence-corrected chi connectivity index (χ0v) is 13.4. The summed E-state index contributed by atoms with van der Waals surface area (Å²) >= 11 is 1.56. The molecule has 2 rings (SSSR count). The zero-order valence-electron chi connectivity index (χ0n) is 12.6. The van der Waals surface area contributed by atoms with E-state index in [4.69, 9.17) is 5.11 Å². The number of aliphatic hydroxyl groups excluding tert-OH is 1. The molecule has 0 saturated carbocycles. The molecule has 0 radical (unpaired) electrons. The summed E-state index contributed by atoms with van der Waals surface area (Å²) in [5, 5.41) is 8.85. The van der Waals surface area contributed by atoms with Crippen molar-refractivity contribution in [1.29, 1.82) is 0 Å². The molecule has 5 nitrogen and oxygen atoms in total. The lowest BCUT2D eigenvalue weighted by Crippen LogP contribution is -2.51. The number of hydrogen-bond donors (Lipinski definition) is 1. The minimum absolute atomic E-state index is 0.0570. The van der Waals surface area contributed by atoms with Crippen molar-refractivity contribution in [1.82, 2.24) is 9.80 Å². The number of carbonyl (C=O) groups excluding carboxylic acids is 2. The van der Waals surface area contributed by atoms with Gasteiger partial charge in [0.25, 0.3) is 5.91 Å². The monoisotopic (exact) mass is 310 g/mol. The average Bonchev–Trinajstić information content (AvgIpc) is 2.87. The maximum absolute atomic E-state index is 12.5. The van der Waals surface area contributed by atoms with Gasteiger partial charge in [0.05, 0.1) is 4.88 Å². The summed E-state index contributed by atoms with van der Waals surface area (Å²) in [6, 6.07) is 2.01. The van der Waals surface area contributed by atoms with Gasteiger partial charge in [-0.25, -0.2) is 0 Å². The van der Waals surface area contributed by atoms with Gasteiger partial charge < -0.3 is 14.9 Å². The van der Waals surface area contributed by atoms with E-state index < -0.39 is 6.61 Å². The van der Waals surface area contributed by atoms with Crippen LogP contribution in [0.5, 0.6) is 0 Å². The summed E-state index contributed by atoms with van der Waals surface area (Å²) in [5.74, 6) is -0.208. The predicted octanol–water partition coefficient (Wildman–Crippen LogP) is 1.29. The molecule has 1 aliphatic heterocycles. The van der Waals surface area contributed by atoms with Crippen LogP contribution in [0.3, 0.4) is 0 Å². The summed E-state index contributed by atoms with van der Waals surface area (Å²) in [4.78, 5) is 29.3. The number of thiophene rings is 1. The average molecular weight is 310 g/mol. The Labute approximate surface area is 129 Å². The molecule has 1 aromatic heterocycles. The van der Waals surface area contributed by atoms with Crippen molar-refractivity contribution in [3.05, 3.63) is 21.4 Å². The highest BCUT2D eigenvalue weighted by Gasteiger charge is 2.25. The first-order chi connectivity index (χ1) is 10.1. The van der Waals surface area contributed by atoms with E-state index in [0.29, 0.717) is 26.2 Å². The number of aliphatic hydroxyl groups is 1. The third-order valence-electron chi connectivity index (χ3n) is 3.81. The van der Waals surface area contributed by atoms with Gasteiger partial charge in [0.2, 0.25) is 5.91 Å². The summed E-state index contributed by atoms with van der Waals surface area (Å²) in [6.45, 7) is 5.79. The highest BCUT2D eigenvalue weighted by Crippen LogP contribution is 2.24. The van der Waals surface area contributed by atoms with Gasteiger partial charge in [-0.05, 0) is 25.0 Å². The van der Waals surface area contributed by atoms with Gasteiger partial charge in [0, 0.05) is 31.1 Å². The Morgan fingerprint density at radius 2 is 1.86 bits per heavy atom. The lowest BCUT2D eigenvalue weighted by Gasteiger charge is -2.34. The maximum atomic E-state index is 12.5. The van der Waals surface area contributed by atoms with Crippen LogP contribution in [0.2, 0.25) is 0 Å². The van der Waals surface area contributed by atoms with Crippen LogP contribution in [0.1, 0.15) is 33.5 Å². The molecule has 1 saturated heterocycles. The summed E-state index contributed by atoms with van der Waals surface area (Å²) < 4.78 is 0. The van der Waals surface area contributed by atoms with E-state index in [2.05, 4.69) is 13.8 Å². The fourth-order valence-electron chi connectivity index (χ4n) is 2.56. The first-order valence-electron chi connectivity index (χ1n) is 7.34. The lowest BCUT2D eigenvalue weighted by atomic mass is 10.1. The zero-order chi connectivity index (χ0) is 15.4. The Balaban J connectivity index is 1.98. The fourth-order valence-corrected chi connectivity index (χ4v) is 3.60. The highest BCUT2D eigenvalue weighted by molar-refractivity contribution is 7.14. The van der Waals surface area contributed by atoms with E-state index in [0.717, 1.165) is 17.7 Å². The topological polar surface area (TPSA) is 60.9 Å². The molecule has 1 aliphatic rings. The quantitative estimate of drug-likeness (QED) is 0.911. The maximum Gasteiger partial charge on any atom is 0.264 e. The minimum Gasteiger partial charge on any atom is -0.387 e. The van der Waals surface area contributed by atoms with Gasteiger partial charge in [0.1, 0.15) is 6.61 Å². The molecule has 2 amide bonds. The summed E-state index contributed by atoms with van der Waals surface area (Å²) in [7, 11) is 0. The van der Waals surface area contributed by atoms with Gasteiger partial charge >= 0.3 is 0 Å². The van der Waals surface area contributed by atoms with Gasteiger partial charge in [-0.3, -0.25) is 9.59 Å². The lowest BCUT2D eigenvalue weighted by molar-refractivity contribution is -0.135. The Kier molecular flexibility index (Phi) is 5.36. The van der Waals surface area contributed by atoms with Gasteiger partial charge in [-0.1, -0.05) is 13.3 Å². The number of carbonyl (C=O) groups is 2. The van der Waals surface area contributed by atoms with E-state index in [1.165, 1.54) is 10.4 Å². The smallest absolute Gasteiger partial charge is 0.264 e. The Morgan fingerprint density at radius 3 is 2.43 bits per heavy atom. The molecule has 0 unspecified atom stereocenters. The molecule has 21 heavy (non-hydrogen) atoms. The number of piperazine rings is 1. The van der Waals surface area contributed by atoms with Crippen LogP contribution in [0.15, 0.2) is 6.07 Å². The second kappa shape index (κ2) is 7.04. The van der Waals surface area contributed by atoms with Crippen molar-refractivity contribution >= 4 is 23.2 Å². The fraction of sp³-hybridized carbons (Fsp3) is 0.600. The molecule has 1 fully saturated rings. The predicted molar refractivity (Wildman–Crippen MR) is 82.6 cm³/mol. The van der Waals surface area contributed by atoms with Crippen molar-refractivity contribution in [2.24, 2.45) is 0 Å². The van der Waals surface area contributed by atoms with Crippen molar-refractivity contribution in [2.75, 3.05) is 32.8 Å². The first kappa shape index (κ1) is 16.0. The largest absolute Gasteiger partial charge is 0.387 e. The minimum atomic E-state index is -0.460. The van der Waals surface area contributed by atoms with Crippen LogP contribution in [0.4, 0.5) is 0 Å². The molecule has 1 N–H and O–H groups in total. The third kappa shape index (κ3) is 3.63. The van der Waals surface area contributed by atoms with Gasteiger partial charge in [-0.15, -0.1) is 11.3 Å². The second-order valence-electron chi connectivity index (χ2n) is 5.27.